The van der Waals surface area contributed by atoms with Crippen LogP contribution >= 0.6 is 22.9 Å². The Hall–Kier alpha value is -2.17. The molecule has 5 heteroatoms. The Morgan fingerprint density at radius 2 is 2.00 bits per heavy atom. The normalized spacial score (nSPS) is 11.9. The first kappa shape index (κ1) is 16.7. The van der Waals surface area contributed by atoms with E-state index in [-0.39, 0.29) is 11.9 Å². The van der Waals surface area contributed by atoms with Crippen LogP contribution in [0.4, 0.5) is 0 Å². The Bertz CT molecular complexity index is 832. The Morgan fingerprint density at radius 1 is 1.21 bits per heavy atom. The van der Waals surface area contributed by atoms with E-state index in [2.05, 4.69) is 22.4 Å². The van der Waals surface area contributed by atoms with E-state index >= 15 is 0 Å². The summed E-state index contributed by atoms with van der Waals surface area (Å²) in [5, 5.41) is 6.36. The smallest absolute Gasteiger partial charge is 0.271 e. The lowest BCUT2D eigenvalue weighted by atomic mass is 10.1. The fourth-order valence-corrected chi connectivity index (χ4v) is 3.40. The molecular weight excluding hydrogens is 340 g/mol. The molecule has 1 atom stereocenters. The number of nitrogens with zero attached hydrogens (tertiary/aromatic N) is 1. The molecule has 24 heavy (non-hydrogen) atoms. The second kappa shape index (κ2) is 7.60. The van der Waals surface area contributed by atoms with Gasteiger partial charge in [0.05, 0.1) is 11.0 Å². The van der Waals surface area contributed by atoms with Gasteiger partial charge in [0.2, 0.25) is 0 Å². The second-order valence-corrected chi connectivity index (χ2v) is 6.92. The third-order valence-corrected chi connectivity index (χ3v) is 4.76. The number of carbonyl (C=O) groups is 1. The largest absolute Gasteiger partial charge is 0.344 e. The van der Waals surface area contributed by atoms with Crippen molar-refractivity contribution < 1.29 is 4.79 Å². The number of benzene rings is 2. The summed E-state index contributed by atoms with van der Waals surface area (Å²) in [4.78, 5) is 16.8. The highest BCUT2D eigenvalue weighted by Gasteiger charge is 2.15. The van der Waals surface area contributed by atoms with E-state index in [4.69, 9.17) is 11.6 Å². The van der Waals surface area contributed by atoms with Crippen molar-refractivity contribution in [3.8, 4) is 0 Å². The minimum atomic E-state index is -0.168. The standard InChI is InChI=1S/C19H17ClN2OS/c1-13(15-8-5-9-16(20)11-15)21-19(23)17-12-24-18(22-17)10-14-6-3-2-4-7-14/h2-9,11-13H,10H2,1H3,(H,21,23). The van der Waals surface area contributed by atoms with E-state index in [0.717, 1.165) is 17.0 Å². The molecule has 0 aliphatic rings. The predicted octanol–water partition coefficient (Wildman–Crippen LogP) is 4.88. The molecule has 1 N–H and O–H groups in total. The second-order valence-electron chi connectivity index (χ2n) is 5.54. The molecule has 0 aliphatic heterocycles. The summed E-state index contributed by atoms with van der Waals surface area (Å²) >= 11 is 7.50. The number of nitrogens with one attached hydrogen (secondary N) is 1. The van der Waals surface area contributed by atoms with Gasteiger partial charge in [-0.1, -0.05) is 54.1 Å². The lowest BCUT2D eigenvalue weighted by molar-refractivity contribution is 0.0935. The Balaban J connectivity index is 1.65. The van der Waals surface area contributed by atoms with Crippen molar-refractivity contribution in [2.24, 2.45) is 0 Å². The quantitative estimate of drug-likeness (QED) is 0.708. The topological polar surface area (TPSA) is 42.0 Å². The third kappa shape index (κ3) is 4.22. The SMILES string of the molecule is CC(NC(=O)c1csc(Cc2ccccc2)n1)c1cccc(Cl)c1. The number of halogens is 1. The highest BCUT2D eigenvalue weighted by Crippen LogP contribution is 2.19. The van der Waals surface area contributed by atoms with Crippen molar-refractivity contribution in [3.05, 3.63) is 86.8 Å². The van der Waals surface area contributed by atoms with Crippen LogP contribution in [-0.4, -0.2) is 10.9 Å². The first-order valence-electron chi connectivity index (χ1n) is 7.66. The molecule has 122 valence electrons. The van der Waals surface area contributed by atoms with E-state index < -0.39 is 0 Å². The molecule has 1 unspecified atom stereocenters. The maximum Gasteiger partial charge on any atom is 0.271 e. The minimum absolute atomic E-state index is 0.129. The summed E-state index contributed by atoms with van der Waals surface area (Å²) in [6, 6.07) is 17.5. The molecule has 1 aromatic heterocycles. The van der Waals surface area contributed by atoms with E-state index in [0.29, 0.717) is 10.7 Å². The van der Waals surface area contributed by atoms with Crippen LogP contribution in [0.15, 0.2) is 60.0 Å². The summed E-state index contributed by atoms with van der Waals surface area (Å²) in [5.74, 6) is -0.168. The van der Waals surface area contributed by atoms with Gasteiger partial charge in [0.25, 0.3) is 5.91 Å². The molecule has 3 nitrogen and oxygen atoms in total. The molecule has 2 aromatic carbocycles. The molecule has 1 amide bonds. The maximum atomic E-state index is 12.4. The number of amides is 1. The van der Waals surface area contributed by atoms with Gasteiger partial charge in [-0.2, -0.15) is 0 Å². The predicted molar refractivity (Wildman–Crippen MR) is 98.7 cm³/mol. The van der Waals surface area contributed by atoms with Crippen LogP contribution in [0, 0.1) is 0 Å². The number of thiazole rings is 1. The van der Waals surface area contributed by atoms with Crippen molar-refractivity contribution in [1.82, 2.24) is 10.3 Å². The summed E-state index contributed by atoms with van der Waals surface area (Å²) < 4.78 is 0. The molecule has 0 saturated heterocycles. The van der Waals surface area contributed by atoms with Crippen molar-refractivity contribution in [2.45, 2.75) is 19.4 Å². The molecule has 3 aromatic rings. The molecular formula is C19H17ClN2OS. The Kier molecular flexibility index (Phi) is 5.28. The van der Waals surface area contributed by atoms with Gasteiger partial charge < -0.3 is 5.32 Å². The molecule has 0 spiro atoms. The molecule has 0 radical (unpaired) electrons. The Morgan fingerprint density at radius 3 is 2.75 bits per heavy atom. The van der Waals surface area contributed by atoms with E-state index in [9.17, 15) is 4.79 Å². The zero-order valence-electron chi connectivity index (χ0n) is 13.2. The van der Waals surface area contributed by atoms with Crippen molar-refractivity contribution in [2.75, 3.05) is 0 Å². The van der Waals surface area contributed by atoms with Gasteiger partial charge in [0.15, 0.2) is 0 Å². The highest BCUT2D eigenvalue weighted by molar-refractivity contribution is 7.09. The zero-order valence-corrected chi connectivity index (χ0v) is 14.8. The average molecular weight is 357 g/mol. The van der Waals surface area contributed by atoms with Gasteiger partial charge in [0, 0.05) is 16.8 Å². The summed E-state index contributed by atoms with van der Waals surface area (Å²) in [5.41, 5.74) is 2.61. The number of carbonyl (C=O) groups excluding carboxylic acids is 1. The summed E-state index contributed by atoms with van der Waals surface area (Å²) in [6.45, 7) is 1.93. The summed E-state index contributed by atoms with van der Waals surface area (Å²) in [6.07, 6.45) is 0.739. The van der Waals surface area contributed by atoms with Gasteiger partial charge in [-0.3, -0.25) is 4.79 Å². The van der Waals surface area contributed by atoms with Crippen LogP contribution in [0.25, 0.3) is 0 Å². The molecule has 1 heterocycles. The molecule has 0 fully saturated rings. The van der Waals surface area contributed by atoms with Gasteiger partial charge >= 0.3 is 0 Å². The number of hydrogen-bond donors (Lipinski definition) is 1. The number of rotatable bonds is 5. The van der Waals surface area contributed by atoms with Gasteiger partial charge in [-0.05, 0) is 30.2 Å². The fraction of sp³-hybridized carbons (Fsp3) is 0.158. The lowest BCUT2D eigenvalue weighted by Gasteiger charge is -2.13. The minimum Gasteiger partial charge on any atom is -0.344 e. The summed E-state index contributed by atoms with van der Waals surface area (Å²) in [7, 11) is 0. The van der Waals surface area contributed by atoms with E-state index in [1.54, 1.807) is 5.38 Å². The van der Waals surface area contributed by atoms with E-state index in [1.807, 2.05) is 49.4 Å². The number of aromatic nitrogens is 1. The maximum absolute atomic E-state index is 12.4. The molecule has 3 rings (SSSR count). The zero-order chi connectivity index (χ0) is 16.9. The third-order valence-electron chi connectivity index (χ3n) is 3.68. The van der Waals surface area contributed by atoms with Crippen LogP contribution in [-0.2, 0) is 6.42 Å². The first-order valence-corrected chi connectivity index (χ1v) is 8.92. The Labute approximate surface area is 150 Å². The number of hydrogen-bond acceptors (Lipinski definition) is 3. The van der Waals surface area contributed by atoms with Crippen molar-refractivity contribution >= 4 is 28.8 Å². The van der Waals surface area contributed by atoms with Crippen molar-refractivity contribution in [3.63, 3.8) is 0 Å². The average Bonchev–Trinajstić information content (AvgIpc) is 3.04. The molecule has 0 aliphatic carbocycles. The fourth-order valence-electron chi connectivity index (χ4n) is 2.40. The van der Waals surface area contributed by atoms with Crippen LogP contribution in [0.3, 0.4) is 0 Å². The monoisotopic (exact) mass is 356 g/mol. The molecule has 0 bridgehead atoms. The van der Waals surface area contributed by atoms with Crippen LogP contribution < -0.4 is 5.32 Å². The van der Waals surface area contributed by atoms with Crippen LogP contribution in [0.5, 0.6) is 0 Å². The van der Waals surface area contributed by atoms with Gasteiger partial charge in [0.1, 0.15) is 5.69 Å². The van der Waals surface area contributed by atoms with Crippen LogP contribution in [0.2, 0.25) is 5.02 Å². The molecule has 0 saturated carbocycles. The van der Waals surface area contributed by atoms with Gasteiger partial charge in [-0.15, -0.1) is 11.3 Å². The van der Waals surface area contributed by atoms with Gasteiger partial charge in [-0.25, -0.2) is 4.98 Å². The van der Waals surface area contributed by atoms with Crippen molar-refractivity contribution in [1.29, 1.82) is 0 Å². The van der Waals surface area contributed by atoms with E-state index in [1.165, 1.54) is 16.9 Å². The highest BCUT2D eigenvalue weighted by atomic mass is 35.5. The lowest BCUT2D eigenvalue weighted by Crippen LogP contribution is -2.26. The first-order chi connectivity index (χ1) is 11.6. The van der Waals surface area contributed by atoms with Crippen LogP contribution in [0.1, 0.15) is 39.6 Å².